The molecule has 1 saturated heterocycles. The first-order valence-electron chi connectivity index (χ1n) is 11.7. The van der Waals surface area contributed by atoms with Crippen molar-refractivity contribution in [1.29, 1.82) is 0 Å². The lowest BCUT2D eigenvalue weighted by Crippen LogP contribution is -2.41. The summed E-state index contributed by atoms with van der Waals surface area (Å²) in [6.07, 6.45) is -0.892. The van der Waals surface area contributed by atoms with Crippen LogP contribution in [-0.2, 0) is 25.6 Å². The second-order valence-electron chi connectivity index (χ2n) is 8.79. The van der Waals surface area contributed by atoms with Gasteiger partial charge in [0.15, 0.2) is 0 Å². The Morgan fingerprint density at radius 3 is 2.17 bits per heavy atom. The highest BCUT2D eigenvalue weighted by atomic mass is 16.7. The molecule has 180 valence electrons. The zero-order valence-corrected chi connectivity index (χ0v) is 19.2. The van der Waals surface area contributed by atoms with Gasteiger partial charge in [-0.2, -0.15) is 0 Å². The molecule has 0 saturated carbocycles. The number of carboxylic acids is 1. The molecule has 0 bridgehead atoms. The summed E-state index contributed by atoms with van der Waals surface area (Å²) in [6, 6.07) is 24.9. The van der Waals surface area contributed by atoms with Gasteiger partial charge in [-0.05, 0) is 27.8 Å². The average Bonchev–Trinajstić information content (AvgIpc) is 3.46. The third-order valence-corrected chi connectivity index (χ3v) is 6.62. The summed E-state index contributed by atoms with van der Waals surface area (Å²) in [7, 11) is 0. The molecular formula is C28H27NO6. The first kappa shape index (κ1) is 23.1. The van der Waals surface area contributed by atoms with Crippen LogP contribution in [0.5, 0.6) is 0 Å². The minimum Gasteiger partial charge on any atom is -0.480 e. The molecule has 3 aromatic carbocycles. The van der Waals surface area contributed by atoms with Gasteiger partial charge in [-0.25, -0.2) is 9.59 Å². The summed E-state index contributed by atoms with van der Waals surface area (Å²) in [5.41, 5.74) is 5.51. The maximum absolute atomic E-state index is 13.0. The van der Waals surface area contributed by atoms with Crippen molar-refractivity contribution in [3.05, 3.63) is 95.6 Å². The van der Waals surface area contributed by atoms with Crippen molar-refractivity contribution in [2.24, 2.45) is 0 Å². The van der Waals surface area contributed by atoms with Crippen LogP contribution in [0, 0.1) is 0 Å². The molecule has 0 radical (unpaired) electrons. The molecule has 0 unspecified atom stereocenters. The number of carboxylic acid groups (broad SMARTS) is 1. The third kappa shape index (κ3) is 4.92. The van der Waals surface area contributed by atoms with Gasteiger partial charge >= 0.3 is 12.1 Å². The number of rotatable bonds is 8. The molecule has 35 heavy (non-hydrogen) atoms. The predicted octanol–water partition coefficient (Wildman–Crippen LogP) is 4.65. The highest BCUT2D eigenvalue weighted by Crippen LogP contribution is 2.44. The van der Waals surface area contributed by atoms with Gasteiger partial charge in [-0.1, -0.05) is 78.9 Å². The molecule has 1 aliphatic carbocycles. The van der Waals surface area contributed by atoms with Crippen LogP contribution in [0.3, 0.4) is 0 Å². The minimum absolute atomic E-state index is 0.0183. The lowest BCUT2D eigenvalue weighted by atomic mass is 9.98. The maximum atomic E-state index is 13.0. The van der Waals surface area contributed by atoms with Crippen molar-refractivity contribution in [2.45, 2.75) is 31.1 Å². The van der Waals surface area contributed by atoms with Gasteiger partial charge in [0.1, 0.15) is 19.4 Å². The number of fused-ring (bicyclic) bond motifs is 3. The van der Waals surface area contributed by atoms with Crippen molar-refractivity contribution < 1.29 is 28.9 Å². The fourth-order valence-electron chi connectivity index (χ4n) is 4.91. The van der Waals surface area contributed by atoms with E-state index in [1.165, 1.54) is 4.90 Å². The molecule has 1 aliphatic heterocycles. The Hall–Kier alpha value is -3.68. The molecule has 3 aromatic rings. The first-order chi connectivity index (χ1) is 17.1. The van der Waals surface area contributed by atoms with Crippen LogP contribution in [0.15, 0.2) is 78.9 Å². The van der Waals surface area contributed by atoms with Crippen molar-refractivity contribution >= 4 is 12.1 Å². The van der Waals surface area contributed by atoms with Crippen molar-refractivity contribution in [1.82, 2.24) is 4.90 Å². The second-order valence-corrected chi connectivity index (χ2v) is 8.79. The molecule has 0 spiro atoms. The Morgan fingerprint density at radius 2 is 1.51 bits per heavy atom. The number of carbonyl (C=O) groups excluding carboxylic acids is 1. The zero-order chi connectivity index (χ0) is 24.2. The number of benzene rings is 3. The Balaban J connectivity index is 1.18. The fraction of sp³-hybridized carbons (Fsp3) is 0.286. The molecule has 2 atom stereocenters. The van der Waals surface area contributed by atoms with Gasteiger partial charge in [0.05, 0.1) is 19.3 Å². The standard InChI is InChI=1S/C28H27NO6/c30-27(31)26-14-20(35-18-33-16-19-8-2-1-3-9-19)15-29(26)28(32)34-17-25-23-12-6-4-10-21(23)22-11-5-7-13-24(22)25/h1-13,20,25-26H,14-18H2,(H,30,31)/t20-,26+/m1/s1. The molecule has 1 heterocycles. The topological polar surface area (TPSA) is 85.3 Å². The van der Waals surface area contributed by atoms with Gasteiger partial charge in [-0.15, -0.1) is 0 Å². The summed E-state index contributed by atoms with van der Waals surface area (Å²) in [5.74, 6) is -1.16. The van der Waals surface area contributed by atoms with Crippen molar-refractivity contribution in [2.75, 3.05) is 19.9 Å². The number of amides is 1. The smallest absolute Gasteiger partial charge is 0.410 e. The quantitative estimate of drug-likeness (QED) is 0.379. The van der Waals surface area contributed by atoms with Gasteiger partial charge in [0, 0.05) is 12.3 Å². The highest BCUT2D eigenvalue weighted by Gasteiger charge is 2.41. The molecule has 1 N–H and O–H groups in total. The monoisotopic (exact) mass is 473 g/mol. The summed E-state index contributed by atoms with van der Waals surface area (Å²) >= 11 is 0. The van der Waals surface area contributed by atoms with Gasteiger partial charge < -0.3 is 19.3 Å². The van der Waals surface area contributed by atoms with E-state index in [2.05, 4.69) is 12.1 Å². The summed E-state index contributed by atoms with van der Waals surface area (Å²) < 4.78 is 16.9. The van der Waals surface area contributed by atoms with E-state index in [9.17, 15) is 14.7 Å². The summed E-state index contributed by atoms with van der Waals surface area (Å²) in [5, 5.41) is 9.67. The normalized spacial score (nSPS) is 18.8. The van der Waals surface area contributed by atoms with Crippen LogP contribution in [0.4, 0.5) is 4.79 Å². The molecule has 0 aromatic heterocycles. The number of likely N-dealkylation sites (tertiary alicyclic amines) is 1. The van der Waals surface area contributed by atoms with Gasteiger partial charge in [-0.3, -0.25) is 4.90 Å². The SMILES string of the molecule is O=C(O)[C@@H]1C[C@@H](OCOCc2ccccc2)CN1C(=O)OCC1c2ccccc2-c2ccccc21. The second kappa shape index (κ2) is 10.3. The highest BCUT2D eigenvalue weighted by molar-refractivity contribution is 5.81. The Kier molecular flexibility index (Phi) is 6.79. The molecule has 2 aliphatic rings. The summed E-state index contributed by atoms with van der Waals surface area (Å²) in [4.78, 5) is 26.0. The van der Waals surface area contributed by atoms with E-state index in [1.807, 2.05) is 66.7 Å². The Labute approximate surface area is 203 Å². The third-order valence-electron chi connectivity index (χ3n) is 6.62. The first-order valence-corrected chi connectivity index (χ1v) is 11.7. The average molecular weight is 474 g/mol. The number of nitrogens with zero attached hydrogens (tertiary/aromatic N) is 1. The van der Waals surface area contributed by atoms with E-state index >= 15 is 0 Å². The van der Waals surface area contributed by atoms with Crippen LogP contribution in [0.2, 0.25) is 0 Å². The van der Waals surface area contributed by atoms with Crippen LogP contribution < -0.4 is 0 Å². The van der Waals surface area contributed by atoms with Gasteiger partial charge in [0.2, 0.25) is 0 Å². The molecule has 1 amide bonds. The number of aliphatic carboxylic acids is 1. The van der Waals surface area contributed by atoms with Crippen LogP contribution in [0.25, 0.3) is 11.1 Å². The van der Waals surface area contributed by atoms with Crippen LogP contribution in [-0.4, -0.2) is 54.2 Å². The van der Waals surface area contributed by atoms with E-state index in [0.717, 1.165) is 27.8 Å². The van der Waals surface area contributed by atoms with Crippen molar-refractivity contribution in [3.63, 3.8) is 0 Å². The lowest BCUT2D eigenvalue weighted by molar-refractivity contribution is -0.142. The Morgan fingerprint density at radius 1 is 0.886 bits per heavy atom. The number of carbonyl (C=O) groups is 2. The number of hydrogen-bond donors (Lipinski definition) is 1. The zero-order valence-electron chi connectivity index (χ0n) is 19.2. The van der Waals surface area contributed by atoms with Crippen molar-refractivity contribution in [3.8, 4) is 11.1 Å². The van der Waals surface area contributed by atoms with Gasteiger partial charge in [0.25, 0.3) is 0 Å². The molecular weight excluding hydrogens is 446 g/mol. The lowest BCUT2D eigenvalue weighted by Gasteiger charge is -2.22. The van der Waals surface area contributed by atoms with E-state index in [-0.39, 0.29) is 32.3 Å². The molecule has 7 heteroatoms. The fourth-order valence-corrected chi connectivity index (χ4v) is 4.91. The largest absolute Gasteiger partial charge is 0.480 e. The summed E-state index contributed by atoms with van der Waals surface area (Å²) in [6.45, 7) is 0.695. The number of hydrogen-bond acceptors (Lipinski definition) is 5. The van der Waals surface area contributed by atoms with E-state index in [0.29, 0.717) is 6.61 Å². The number of ether oxygens (including phenoxy) is 3. The van der Waals surface area contributed by atoms with E-state index in [1.54, 1.807) is 0 Å². The predicted molar refractivity (Wildman–Crippen MR) is 129 cm³/mol. The van der Waals surface area contributed by atoms with E-state index < -0.39 is 24.2 Å². The maximum Gasteiger partial charge on any atom is 0.410 e. The minimum atomic E-state index is -1.07. The van der Waals surface area contributed by atoms with Crippen LogP contribution in [0.1, 0.15) is 29.0 Å². The molecule has 5 rings (SSSR count). The Bertz CT molecular complexity index is 1150. The van der Waals surface area contributed by atoms with E-state index in [4.69, 9.17) is 14.2 Å². The molecule has 1 fully saturated rings. The molecule has 7 nitrogen and oxygen atoms in total. The van der Waals surface area contributed by atoms with Crippen LogP contribution >= 0.6 is 0 Å².